The quantitative estimate of drug-likeness (QED) is 0.816. The van der Waals surface area contributed by atoms with Crippen LogP contribution in [0.5, 0.6) is 0 Å². The highest BCUT2D eigenvalue weighted by atomic mass is 32.2. The van der Waals surface area contributed by atoms with Gasteiger partial charge in [-0.2, -0.15) is 0 Å². The van der Waals surface area contributed by atoms with Crippen LogP contribution in [-0.4, -0.2) is 21.4 Å². The van der Waals surface area contributed by atoms with Gasteiger partial charge in [-0.15, -0.1) is 10.2 Å². The minimum absolute atomic E-state index is 0.432. The Kier molecular flexibility index (Phi) is 3.21. The molecule has 0 amide bonds. The zero-order chi connectivity index (χ0) is 11.5. The minimum Gasteiger partial charge on any atom is -0.411 e. The van der Waals surface area contributed by atoms with Crippen LogP contribution in [0.3, 0.4) is 0 Å². The van der Waals surface area contributed by atoms with Crippen molar-refractivity contribution >= 4 is 11.8 Å². The van der Waals surface area contributed by atoms with Crippen molar-refractivity contribution in [2.75, 3.05) is 6.26 Å². The molecule has 0 aliphatic heterocycles. The number of pyridine rings is 1. The Labute approximate surface area is 97.5 Å². The maximum absolute atomic E-state index is 5.52. The zero-order valence-electron chi connectivity index (χ0n) is 9.10. The van der Waals surface area contributed by atoms with Gasteiger partial charge in [-0.1, -0.05) is 11.8 Å². The van der Waals surface area contributed by atoms with Gasteiger partial charge in [0.05, 0.1) is 17.0 Å². The van der Waals surface area contributed by atoms with Crippen LogP contribution >= 0.6 is 11.8 Å². The van der Waals surface area contributed by atoms with Crippen LogP contribution in [0.2, 0.25) is 0 Å². The van der Waals surface area contributed by atoms with Gasteiger partial charge in [0, 0.05) is 6.54 Å². The molecule has 0 spiro atoms. The molecule has 5 nitrogen and oxygen atoms in total. The summed E-state index contributed by atoms with van der Waals surface area (Å²) < 4.78 is 5.44. The van der Waals surface area contributed by atoms with Crippen LogP contribution in [0, 0.1) is 6.92 Å². The monoisotopic (exact) mass is 236 g/mol. The second-order valence-electron chi connectivity index (χ2n) is 3.22. The van der Waals surface area contributed by atoms with E-state index in [0.29, 0.717) is 17.7 Å². The number of nitrogens with two attached hydrogens (primary N) is 1. The number of nitrogens with zero attached hydrogens (tertiary/aromatic N) is 3. The summed E-state index contributed by atoms with van der Waals surface area (Å²) in [5, 5.41) is 8.41. The lowest BCUT2D eigenvalue weighted by atomic mass is 10.2. The van der Waals surface area contributed by atoms with Crippen molar-refractivity contribution in [2.24, 2.45) is 5.73 Å². The Morgan fingerprint density at radius 2 is 2.19 bits per heavy atom. The van der Waals surface area contributed by atoms with E-state index in [4.69, 9.17) is 10.2 Å². The van der Waals surface area contributed by atoms with E-state index < -0.39 is 0 Å². The molecule has 0 radical (unpaired) electrons. The molecule has 2 aromatic rings. The van der Waals surface area contributed by atoms with Crippen molar-refractivity contribution in [3.63, 3.8) is 0 Å². The second-order valence-corrected chi connectivity index (χ2v) is 3.97. The van der Waals surface area contributed by atoms with Gasteiger partial charge in [0.1, 0.15) is 0 Å². The summed E-state index contributed by atoms with van der Waals surface area (Å²) in [5.74, 6) is 0.498. The highest BCUT2D eigenvalue weighted by Crippen LogP contribution is 2.23. The zero-order valence-corrected chi connectivity index (χ0v) is 9.91. The third kappa shape index (κ3) is 2.07. The molecule has 0 aromatic carbocycles. The fourth-order valence-electron chi connectivity index (χ4n) is 1.35. The van der Waals surface area contributed by atoms with Gasteiger partial charge in [0.15, 0.2) is 0 Å². The van der Waals surface area contributed by atoms with Crippen LogP contribution in [0.25, 0.3) is 11.5 Å². The van der Waals surface area contributed by atoms with E-state index in [9.17, 15) is 0 Å². The van der Waals surface area contributed by atoms with Gasteiger partial charge < -0.3 is 10.2 Å². The first kappa shape index (κ1) is 11.1. The molecule has 2 N–H and O–H groups in total. The second kappa shape index (κ2) is 4.63. The lowest BCUT2D eigenvalue weighted by molar-refractivity contribution is 0.466. The number of aryl methyl sites for hydroxylation is 1. The van der Waals surface area contributed by atoms with Gasteiger partial charge in [0.25, 0.3) is 11.1 Å². The summed E-state index contributed by atoms with van der Waals surface area (Å²) in [6.45, 7) is 2.33. The predicted molar refractivity (Wildman–Crippen MR) is 61.9 cm³/mol. The molecule has 0 fully saturated rings. The highest BCUT2D eigenvalue weighted by Gasteiger charge is 2.11. The topological polar surface area (TPSA) is 77.8 Å². The lowest BCUT2D eigenvalue weighted by Gasteiger charge is -2.02. The Balaban J connectivity index is 2.40. The predicted octanol–water partition coefficient (Wildman–Crippen LogP) is 1.62. The number of rotatable bonds is 3. The molecule has 0 aliphatic carbocycles. The molecule has 0 aliphatic rings. The SMILES string of the molecule is CSc1nnc(-c2ccc(CN)nc2C)o1. The molecule has 0 unspecified atom stereocenters. The van der Waals surface area contributed by atoms with E-state index in [1.165, 1.54) is 11.8 Å². The van der Waals surface area contributed by atoms with Gasteiger partial charge in [-0.05, 0) is 25.3 Å². The van der Waals surface area contributed by atoms with Crippen molar-refractivity contribution in [1.29, 1.82) is 0 Å². The molecule has 6 heteroatoms. The van der Waals surface area contributed by atoms with Crippen LogP contribution < -0.4 is 5.73 Å². The maximum atomic E-state index is 5.52. The average Bonchev–Trinajstić information content (AvgIpc) is 2.77. The Morgan fingerprint density at radius 1 is 1.38 bits per heavy atom. The maximum Gasteiger partial charge on any atom is 0.276 e. The van der Waals surface area contributed by atoms with E-state index in [1.54, 1.807) is 0 Å². The Bertz CT molecular complexity index is 497. The minimum atomic E-state index is 0.432. The van der Waals surface area contributed by atoms with E-state index in [2.05, 4.69) is 15.2 Å². The number of hydrogen-bond acceptors (Lipinski definition) is 6. The first-order valence-corrected chi connectivity index (χ1v) is 6.01. The van der Waals surface area contributed by atoms with E-state index >= 15 is 0 Å². The van der Waals surface area contributed by atoms with E-state index in [1.807, 2.05) is 25.3 Å². The first-order chi connectivity index (χ1) is 7.74. The number of thioether (sulfide) groups is 1. The smallest absolute Gasteiger partial charge is 0.276 e. The van der Waals surface area contributed by atoms with Gasteiger partial charge in [-0.3, -0.25) is 4.98 Å². The molecule has 2 aromatic heterocycles. The summed E-state index contributed by atoms with van der Waals surface area (Å²) in [6.07, 6.45) is 1.89. The normalized spacial score (nSPS) is 10.7. The lowest BCUT2D eigenvalue weighted by Crippen LogP contribution is -2.01. The highest BCUT2D eigenvalue weighted by molar-refractivity contribution is 7.98. The molecule has 84 valence electrons. The molecular weight excluding hydrogens is 224 g/mol. The fourth-order valence-corrected chi connectivity index (χ4v) is 1.64. The van der Waals surface area contributed by atoms with Gasteiger partial charge in [-0.25, -0.2) is 0 Å². The summed E-state index contributed by atoms with van der Waals surface area (Å²) in [6, 6.07) is 3.77. The average molecular weight is 236 g/mol. The largest absolute Gasteiger partial charge is 0.411 e. The van der Waals surface area contributed by atoms with Crippen molar-refractivity contribution in [2.45, 2.75) is 18.7 Å². The van der Waals surface area contributed by atoms with Crippen LogP contribution in [0.15, 0.2) is 21.8 Å². The molecule has 2 heterocycles. The fraction of sp³-hybridized carbons (Fsp3) is 0.300. The van der Waals surface area contributed by atoms with Gasteiger partial charge >= 0.3 is 0 Å². The van der Waals surface area contributed by atoms with Crippen molar-refractivity contribution in [1.82, 2.24) is 15.2 Å². The van der Waals surface area contributed by atoms with Crippen molar-refractivity contribution in [3.8, 4) is 11.5 Å². The van der Waals surface area contributed by atoms with E-state index in [-0.39, 0.29) is 0 Å². The molecule has 0 saturated carbocycles. The van der Waals surface area contributed by atoms with Crippen LogP contribution in [0.4, 0.5) is 0 Å². The van der Waals surface area contributed by atoms with Crippen LogP contribution in [0.1, 0.15) is 11.4 Å². The Hall–Kier alpha value is -1.40. The molecule has 0 bridgehead atoms. The van der Waals surface area contributed by atoms with Crippen molar-refractivity contribution in [3.05, 3.63) is 23.5 Å². The standard InChI is InChI=1S/C10H12N4OS/c1-6-8(4-3-7(5-11)12-6)9-13-14-10(15-9)16-2/h3-4H,5,11H2,1-2H3. The molecule has 0 saturated heterocycles. The summed E-state index contributed by atoms with van der Waals surface area (Å²) >= 11 is 1.42. The van der Waals surface area contributed by atoms with E-state index in [0.717, 1.165) is 17.0 Å². The van der Waals surface area contributed by atoms with Crippen molar-refractivity contribution < 1.29 is 4.42 Å². The molecule has 0 atom stereocenters. The summed E-state index contributed by atoms with van der Waals surface area (Å²) in [7, 11) is 0. The summed E-state index contributed by atoms with van der Waals surface area (Å²) in [5.41, 5.74) is 8.07. The molecule has 16 heavy (non-hydrogen) atoms. The third-order valence-electron chi connectivity index (χ3n) is 2.16. The first-order valence-electron chi connectivity index (χ1n) is 4.79. The van der Waals surface area contributed by atoms with Gasteiger partial charge in [0.2, 0.25) is 0 Å². The molecular formula is C10H12N4OS. The Morgan fingerprint density at radius 3 is 2.75 bits per heavy atom. The third-order valence-corrected chi connectivity index (χ3v) is 2.68. The summed E-state index contributed by atoms with van der Waals surface area (Å²) in [4.78, 5) is 4.34. The van der Waals surface area contributed by atoms with Crippen LogP contribution in [-0.2, 0) is 6.54 Å². The number of hydrogen-bond donors (Lipinski definition) is 1. The number of aromatic nitrogens is 3. The molecule has 2 rings (SSSR count).